The Morgan fingerprint density at radius 3 is 2.33 bits per heavy atom. The molecule has 0 aromatic carbocycles. The molecule has 2 heteroatoms. The molecule has 0 aromatic rings. The second-order valence-electron chi connectivity index (χ2n) is 6.44. The molecule has 1 N–H and O–H groups in total. The van der Waals surface area contributed by atoms with Crippen molar-refractivity contribution in [3.05, 3.63) is 0 Å². The van der Waals surface area contributed by atoms with E-state index in [9.17, 15) is 0 Å². The molecule has 2 atom stereocenters. The molecule has 106 valence electrons. The van der Waals surface area contributed by atoms with Crippen molar-refractivity contribution in [3.63, 3.8) is 0 Å². The molecule has 0 amide bonds. The summed E-state index contributed by atoms with van der Waals surface area (Å²) in [4.78, 5) is 2.68. The van der Waals surface area contributed by atoms with E-state index in [2.05, 4.69) is 24.2 Å². The standard InChI is InChI=1S/C16H32N2/c1-3-17-16-12-8-7-9-14(16)13-18(2)15-10-5-4-6-11-15/h14-17H,3-13H2,1-2H3. The number of hydrogen-bond donors (Lipinski definition) is 1. The van der Waals surface area contributed by atoms with Crippen LogP contribution in [0.2, 0.25) is 0 Å². The van der Waals surface area contributed by atoms with E-state index >= 15 is 0 Å². The number of nitrogens with zero attached hydrogens (tertiary/aromatic N) is 1. The zero-order chi connectivity index (χ0) is 12.8. The van der Waals surface area contributed by atoms with Crippen LogP contribution in [0.15, 0.2) is 0 Å². The van der Waals surface area contributed by atoms with Gasteiger partial charge in [-0.05, 0) is 45.2 Å². The maximum Gasteiger partial charge on any atom is 0.0107 e. The maximum absolute atomic E-state index is 3.72. The van der Waals surface area contributed by atoms with Gasteiger partial charge >= 0.3 is 0 Å². The third-order valence-corrected chi connectivity index (χ3v) is 5.10. The van der Waals surface area contributed by atoms with Gasteiger partial charge < -0.3 is 10.2 Å². The van der Waals surface area contributed by atoms with Gasteiger partial charge in [0.15, 0.2) is 0 Å². The number of nitrogens with one attached hydrogen (secondary N) is 1. The van der Waals surface area contributed by atoms with Gasteiger partial charge in [-0.2, -0.15) is 0 Å². The molecular formula is C16H32N2. The first-order chi connectivity index (χ1) is 8.81. The first kappa shape index (κ1) is 14.3. The Kier molecular flexibility index (Phi) is 5.97. The van der Waals surface area contributed by atoms with Gasteiger partial charge in [0, 0.05) is 18.6 Å². The summed E-state index contributed by atoms with van der Waals surface area (Å²) in [6, 6.07) is 1.66. The van der Waals surface area contributed by atoms with E-state index in [-0.39, 0.29) is 0 Å². The van der Waals surface area contributed by atoms with Crippen LogP contribution in [0.1, 0.15) is 64.7 Å². The van der Waals surface area contributed by atoms with Gasteiger partial charge in [-0.15, -0.1) is 0 Å². The summed E-state index contributed by atoms with van der Waals surface area (Å²) in [6.07, 6.45) is 13.0. The smallest absolute Gasteiger partial charge is 0.0107 e. The van der Waals surface area contributed by atoms with E-state index in [1.54, 1.807) is 0 Å². The molecule has 18 heavy (non-hydrogen) atoms. The van der Waals surface area contributed by atoms with Gasteiger partial charge in [0.05, 0.1) is 0 Å². The molecule has 0 saturated heterocycles. The van der Waals surface area contributed by atoms with Crippen molar-refractivity contribution >= 4 is 0 Å². The topological polar surface area (TPSA) is 15.3 Å². The van der Waals surface area contributed by atoms with Crippen molar-refractivity contribution in [1.29, 1.82) is 0 Å². The first-order valence-electron chi connectivity index (χ1n) is 8.25. The lowest BCUT2D eigenvalue weighted by molar-refractivity contribution is 0.132. The third kappa shape index (κ3) is 3.96. The average Bonchev–Trinajstić information content (AvgIpc) is 2.42. The van der Waals surface area contributed by atoms with Crippen LogP contribution in [-0.4, -0.2) is 37.1 Å². The molecule has 0 radical (unpaired) electrons. The highest BCUT2D eigenvalue weighted by atomic mass is 15.1. The molecule has 2 aliphatic rings. The van der Waals surface area contributed by atoms with Gasteiger partial charge in [-0.3, -0.25) is 0 Å². The molecular weight excluding hydrogens is 220 g/mol. The second-order valence-corrected chi connectivity index (χ2v) is 6.44. The minimum Gasteiger partial charge on any atom is -0.314 e. The summed E-state index contributed by atoms with van der Waals surface area (Å²) in [5.41, 5.74) is 0. The Balaban J connectivity index is 1.81. The zero-order valence-electron chi connectivity index (χ0n) is 12.5. The Bertz CT molecular complexity index is 221. The average molecular weight is 252 g/mol. The Morgan fingerprint density at radius 1 is 0.944 bits per heavy atom. The van der Waals surface area contributed by atoms with Crippen molar-refractivity contribution in [2.24, 2.45) is 5.92 Å². The van der Waals surface area contributed by atoms with E-state index in [0.29, 0.717) is 0 Å². The Labute approximate surface area is 114 Å². The fourth-order valence-electron chi connectivity index (χ4n) is 4.00. The fourth-order valence-corrected chi connectivity index (χ4v) is 4.00. The van der Waals surface area contributed by atoms with Crippen LogP contribution in [0.3, 0.4) is 0 Å². The maximum atomic E-state index is 3.72. The summed E-state index contributed by atoms with van der Waals surface area (Å²) >= 11 is 0. The van der Waals surface area contributed by atoms with Gasteiger partial charge in [0.2, 0.25) is 0 Å². The monoisotopic (exact) mass is 252 g/mol. The van der Waals surface area contributed by atoms with Crippen LogP contribution in [0, 0.1) is 5.92 Å². The Hall–Kier alpha value is -0.0800. The van der Waals surface area contributed by atoms with E-state index in [4.69, 9.17) is 0 Å². The molecule has 0 heterocycles. The molecule has 2 fully saturated rings. The van der Waals surface area contributed by atoms with Crippen LogP contribution in [0.4, 0.5) is 0 Å². The number of rotatable bonds is 5. The molecule has 0 aromatic heterocycles. The quantitative estimate of drug-likeness (QED) is 0.806. The summed E-state index contributed by atoms with van der Waals surface area (Å²) in [5.74, 6) is 0.894. The van der Waals surface area contributed by atoms with Gasteiger partial charge in [-0.25, -0.2) is 0 Å². The minimum atomic E-state index is 0.787. The van der Waals surface area contributed by atoms with Crippen LogP contribution >= 0.6 is 0 Å². The van der Waals surface area contributed by atoms with E-state index < -0.39 is 0 Å². The molecule has 2 saturated carbocycles. The normalized spacial score (nSPS) is 30.8. The van der Waals surface area contributed by atoms with Crippen molar-refractivity contribution in [3.8, 4) is 0 Å². The lowest BCUT2D eigenvalue weighted by atomic mass is 9.83. The molecule has 2 unspecified atom stereocenters. The Morgan fingerprint density at radius 2 is 1.61 bits per heavy atom. The van der Waals surface area contributed by atoms with Crippen molar-refractivity contribution in [1.82, 2.24) is 10.2 Å². The van der Waals surface area contributed by atoms with Crippen LogP contribution in [-0.2, 0) is 0 Å². The predicted molar refractivity (Wildman–Crippen MR) is 78.9 cm³/mol. The fraction of sp³-hybridized carbons (Fsp3) is 1.00. The van der Waals surface area contributed by atoms with Gasteiger partial charge in [-0.1, -0.05) is 39.0 Å². The lowest BCUT2D eigenvalue weighted by Gasteiger charge is -2.38. The first-order valence-corrected chi connectivity index (χ1v) is 8.25. The predicted octanol–water partition coefficient (Wildman–Crippen LogP) is 3.42. The lowest BCUT2D eigenvalue weighted by Crippen LogP contribution is -2.46. The van der Waals surface area contributed by atoms with Crippen molar-refractivity contribution in [2.45, 2.75) is 76.8 Å². The SMILES string of the molecule is CCNC1CCCCC1CN(C)C1CCCCC1. The van der Waals surface area contributed by atoms with Crippen molar-refractivity contribution < 1.29 is 0 Å². The summed E-state index contributed by atoms with van der Waals surface area (Å²) in [6.45, 7) is 4.70. The van der Waals surface area contributed by atoms with Gasteiger partial charge in [0.25, 0.3) is 0 Å². The molecule has 2 rings (SSSR count). The molecule has 2 aliphatic carbocycles. The van der Waals surface area contributed by atoms with Crippen LogP contribution in [0.5, 0.6) is 0 Å². The molecule has 0 aliphatic heterocycles. The zero-order valence-corrected chi connectivity index (χ0v) is 12.5. The molecule has 0 spiro atoms. The third-order valence-electron chi connectivity index (χ3n) is 5.10. The highest BCUT2D eigenvalue weighted by Gasteiger charge is 2.27. The summed E-state index contributed by atoms with van der Waals surface area (Å²) in [7, 11) is 2.37. The highest BCUT2D eigenvalue weighted by molar-refractivity contribution is 4.84. The minimum absolute atomic E-state index is 0.787. The van der Waals surface area contributed by atoms with Gasteiger partial charge in [0.1, 0.15) is 0 Å². The van der Waals surface area contributed by atoms with E-state index in [1.807, 2.05) is 0 Å². The second kappa shape index (κ2) is 7.49. The summed E-state index contributed by atoms with van der Waals surface area (Å²) in [5, 5.41) is 3.72. The summed E-state index contributed by atoms with van der Waals surface area (Å²) < 4.78 is 0. The van der Waals surface area contributed by atoms with E-state index in [1.165, 1.54) is 64.3 Å². The molecule has 2 nitrogen and oxygen atoms in total. The van der Waals surface area contributed by atoms with E-state index in [0.717, 1.165) is 24.5 Å². The highest BCUT2D eigenvalue weighted by Crippen LogP contribution is 2.28. The number of hydrogen-bond acceptors (Lipinski definition) is 2. The largest absolute Gasteiger partial charge is 0.314 e. The van der Waals surface area contributed by atoms with Crippen LogP contribution < -0.4 is 5.32 Å². The molecule has 0 bridgehead atoms. The van der Waals surface area contributed by atoms with Crippen molar-refractivity contribution in [2.75, 3.05) is 20.1 Å². The van der Waals surface area contributed by atoms with Crippen LogP contribution in [0.25, 0.3) is 0 Å².